The molecule has 0 aliphatic rings. The number of hydrogen-bond donors (Lipinski definition) is 1. The van der Waals surface area contributed by atoms with Gasteiger partial charge in [-0.25, -0.2) is 8.78 Å². The fraction of sp³-hybridized carbons (Fsp3) is 0. The van der Waals surface area contributed by atoms with Crippen molar-refractivity contribution < 1.29 is 13.3 Å². The molecule has 2 N–H and O–H groups in total. The molecule has 0 amide bonds. The van der Waals surface area contributed by atoms with Gasteiger partial charge >= 0.3 is 0 Å². The summed E-state index contributed by atoms with van der Waals surface area (Å²) in [4.78, 5) is 0.719. The molecule has 3 rings (SSSR count). The zero-order valence-electron chi connectivity index (χ0n) is 10.2. The van der Waals surface area contributed by atoms with Crippen LogP contribution in [0.1, 0.15) is 0 Å². The standard InChI is InChI=1S/C13H6Br2F2N2OS/c14-7-4-9(21-12(7)15)11-10(13(18)19-20-11)6-2-1-5(16)3-8(6)17/h1-4H,(H2,18,19). The third-order valence-corrected chi connectivity index (χ3v) is 6.04. The molecular weight excluding hydrogens is 430 g/mol. The number of nitrogens with two attached hydrogens (primary N) is 1. The maximum Gasteiger partial charge on any atom is 0.187 e. The summed E-state index contributed by atoms with van der Waals surface area (Å²) in [5, 5.41) is 3.69. The van der Waals surface area contributed by atoms with Crippen molar-refractivity contribution in [2.75, 3.05) is 5.73 Å². The summed E-state index contributed by atoms with van der Waals surface area (Å²) >= 11 is 8.13. The Balaban J connectivity index is 2.21. The van der Waals surface area contributed by atoms with Crippen molar-refractivity contribution in [1.29, 1.82) is 0 Å². The summed E-state index contributed by atoms with van der Waals surface area (Å²) in [6.45, 7) is 0. The van der Waals surface area contributed by atoms with E-state index >= 15 is 0 Å². The fourth-order valence-corrected chi connectivity index (χ4v) is 3.90. The van der Waals surface area contributed by atoms with Crippen molar-refractivity contribution in [2.24, 2.45) is 0 Å². The number of benzene rings is 1. The van der Waals surface area contributed by atoms with E-state index in [0.717, 1.165) is 25.3 Å². The van der Waals surface area contributed by atoms with Crippen molar-refractivity contribution in [3.63, 3.8) is 0 Å². The van der Waals surface area contributed by atoms with Crippen LogP contribution >= 0.6 is 43.2 Å². The summed E-state index contributed by atoms with van der Waals surface area (Å²) in [6, 6.07) is 5.08. The van der Waals surface area contributed by atoms with Crippen LogP contribution in [0.5, 0.6) is 0 Å². The zero-order chi connectivity index (χ0) is 15.1. The maximum absolute atomic E-state index is 14.0. The Hall–Kier alpha value is -1.25. The van der Waals surface area contributed by atoms with Crippen LogP contribution in [0.4, 0.5) is 14.6 Å². The summed E-state index contributed by atoms with van der Waals surface area (Å²) in [6.07, 6.45) is 0. The molecule has 0 atom stereocenters. The predicted molar refractivity (Wildman–Crippen MR) is 85.0 cm³/mol. The second kappa shape index (κ2) is 5.51. The summed E-state index contributed by atoms with van der Waals surface area (Å²) in [5.41, 5.74) is 6.24. The average molecular weight is 436 g/mol. The number of nitrogens with zero attached hydrogens (tertiary/aromatic N) is 1. The van der Waals surface area contributed by atoms with E-state index < -0.39 is 11.6 Å². The van der Waals surface area contributed by atoms with E-state index in [1.807, 2.05) is 0 Å². The topological polar surface area (TPSA) is 52.0 Å². The Morgan fingerprint density at radius 1 is 1.19 bits per heavy atom. The summed E-state index contributed by atoms with van der Waals surface area (Å²) < 4.78 is 34.0. The number of thiophene rings is 1. The van der Waals surface area contributed by atoms with Gasteiger partial charge in [0, 0.05) is 16.1 Å². The van der Waals surface area contributed by atoms with Crippen LogP contribution in [-0.2, 0) is 0 Å². The molecule has 0 saturated carbocycles. The fourth-order valence-electron chi connectivity index (χ4n) is 1.88. The first-order valence-electron chi connectivity index (χ1n) is 5.63. The summed E-state index contributed by atoms with van der Waals surface area (Å²) in [5.74, 6) is -0.985. The molecule has 0 saturated heterocycles. The highest BCUT2D eigenvalue weighted by Crippen LogP contribution is 2.44. The zero-order valence-corrected chi connectivity index (χ0v) is 14.2. The molecule has 2 aromatic heterocycles. The lowest BCUT2D eigenvalue weighted by molar-refractivity contribution is 0.437. The lowest BCUT2D eigenvalue weighted by Crippen LogP contribution is -1.92. The molecule has 21 heavy (non-hydrogen) atoms. The van der Waals surface area contributed by atoms with Gasteiger partial charge in [-0.05, 0) is 50.1 Å². The van der Waals surface area contributed by atoms with Crippen LogP contribution in [-0.4, -0.2) is 5.16 Å². The van der Waals surface area contributed by atoms with E-state index in [2.05, 4.69) is 37.0 Å². The van der Waals surface area contributed by atoms with E-state index in [4.69, 9.17) is 10.3 Å². The van der Waals surface area contributed by atoms with Gasteiger partial charge < -0.3 is 10.3 Å². The third kappa shape index (κ3) is 2.63. The van der Waals surface area contributed by atoms with Gasteiger partial charge in [-0.15, -0.1) is 11.3 Å². The molecule has 1 aromatic carbocycles. The van der Waals surface area contributed by atoms with Gasteiger partial charge in [0.05, 0.1) is 14.2 Å². The van der Waals surface area contributed by atoms with Gasteiger partial charge in [0.25, 0.3) is 0 Å². The van der Waals surface area contributed by atoms with Crippen LogP contribution in [0.15, 0.2) is 37.0 Å². The Morgan fingerprint density at radius 2 is 1.95 bits per heavy atom. The number of rotatable bonds is 2. The Kier molecular flexibility index (Phi) is 3.85. The van der Waals surface area contributed by atoms with Crippen LogP contribution < -0.4 is 5.73 Å². The van der Waals surface area contributed by atoms with Crippen molar-refractivity contribution >= 4 is 49.0 Å². The minimum Gasteiger partial charge on any atom is -0.380 e. The number of aromatic nitrogens is 1. The number of halogens is 4. The van der Waals surface area contributed by atoms with E-state index in [1.54, 1.807) is 6.07 Å². The second-order valence-electron chi connectivity index (χ2n) is 4.13. The molecule has 0 radical (unpaired) electrons. The molecule has 3 aromatic rings. The van der Waals surface area contributed by atoms with Crippen LogP contribution in [0.25, 0.3) is 21.8 Å². The van der Waals surface area contributed by atoms with Crippen LogP contribution in [0.3, 0.4) is 0 Å². The highest BCUT2D eigenvalue weighted by Gasteiger charge is 2.22. The van der Waals surface area contributed by atoms with Gasteiger partial charge in [0.2, 0.25) is 0 Å². The molecule has 0 unspecified atom stereocenters. The summed E-state index contributed by atoms with van der Waals surface area (Å²) in [7, 11) is 0. The van der Waals surface area contributed by atoms with E-state index in [-0.39, 0.29) is 11.4 Å². The lowest BCUT2D eigenvalue weighted by atomic mass is 10.0. The first-order valence-corrected chi connectivity index (χ1v) is 8.03. The molecule has 2 heterocycles. The molecule has 0 aliphatic carbocycles. The first kappa shape index (κ1) is 14.7. The second-order valence-corrected chi connectivity index (χ2v) is 7.35. The van der Waals surface area contributed by atoms with Crippen LogP contribution in [0.2, 0.25) is 0 Å². The molecule has 8 heteroatoms. The molecular formula is C13H6Br2F2N2OS. The minimum atomic E-state index is -0.721. The number of anilines is 1. The highest BCUT2D eigenvalue weighted by molar-refractivity contribution is 9.13. The van der Waals surface area contributed by atoms with Gasteiger partial charge in [0.1, 0.15) is 11.6 Å². The molecule has 108 valence electrons. The van der Waals surface area contributed by atoms with E-state index in [9.17, 15) is 8.78 Å². The molecule has 0 aliphatic heterocycles. The van der Waals surface area contributed by atoms with E-state index in [1.165, 1.54) is 17.4 Å². The quantitative estimate of drug-likeness (QED) is 0.581. The third-order valence-electron chi connectivity index (χ3n) is 2.79. The van der Waals surface area contributed by atoms with Gasteiger partial charge in [-0.2, -0.15) is 0 Å². The van der Waals surface area contributed by atoms with Crippen LogP contribution in [0, 0.1) is 11.6 Å². The maximum atomic E-state index is 14.0. The van der Waals surface area contributed by atoms with Crippen molar-refractivity contribution in [1.82, 2.24) is 5.16 Å². The molecule has 3 nitrogen and oxygen atoms in total. The minimum absolute atomic E-state index is 0.0520. The van der Waals surface area contributed by atoms with Gasteiger partial charge in [-0.1, -0.05) is 5.16 Å². The average Bonchev–Trinajstić information content (AvgIpc) is 2.94. The normalized spacial score (nSPS) is 11.0. The monoisotopic (exact) mass is 434 g/mol. The van der Waals surface area contributed by atoms with Crippen molar-refractivity contribution in [3.05, 3.63) is 44.2 Å². The van der Waals surface area contributed by atoms with Gasteiger partial charge in [0.15, 0.2) is 11.6 Å². The van der Waals surface area contributed by atoms with Gasteiger partial charge in [-0.3, -0.25) is 0 Å². The molecule has 0 bridgehead atoms. The molecule has 0 fully saturated rings. The SMILES string of the molecule is Nc1noc(-c2cc(Br)c(Br)s2)c1-c1ccc(F)cc1F. The Bertz CT molecular complexity index is 812. The van der Waals surface area contributed by atoms with Crippen molar-refractivity contribution in [2.45, 2.75) is 0 Å². The van der Waals surface area contributed by atoms with E-state index in [0.29, 0.717) is 11.3 Å². The highest BCUT2D eigenvalue weighted by atomic mass is 79.9. The lowest BCUT2D eigenvalue weighted by Gasteiger charge is -2.03. The first-order chi connectivity index (χ1) is 9.97. The Labute approximate surface area is 139 Å². The number of nitrogen functional groups attached to an aromatic ring is 1. The smallest absolute Gasteiger partial charge is 0.187 e. The largest absolute Gasteiger partial charge is 0.380 e. The number of hydrogen-bond acceptors (Lipinski definition) is 4. The predicted octanol–water partition coefficient (Wildman–Crippen LogP) is 5.46. The van der Waals surface area contributed by atoms with Crippen molar-refractivity contribution in [3.8, 4) is 21.8 Å². The molecule has 0 spiro atoms. The Morgan fingerprint density at radius 3 is 2.57 bits per heavy atom.